The van der Waals surface area contributed by atoms with Crippen LogP contribution in [0, 0.1) is 22.9 Å². The second kappa shape index (κ2) is 6.93. The summed E-state index contributed by atoms with van der Waals surface area (Å²) in [6.07, 6.45) is 0. The predicted octanol–water partition coefficient (Wildman–Crippen LogP) is 3.17. The van der Waals surface area contributed by atoms with E-state index >= 15 is 0 Å². The number of nitro benzene ring substituents is 1. The first-order valence-corrected chi connectivity index (χ1v) is 6.91. The van der Waals surface area contributed by atoms with Crippen molar-refractivity contribution >= 4 is 34.6 Å². The Morgan fingerprint density at radius 1 is 1.26 bits per heavy atom. The number of nitrogens with zero attached hydrogens (tertiary/aromatic N) is 1. The molecule has 0 unspecified atom stereocenters. The van der Waals surface area contributed by atoms with Crippen molar-refractivity contribution in [2.45, 2.75) is 6.92 Å². The number of para-hydroxylation sites is 1. The van der Waals surface area contributed by atoms with Crippen LogP contribution in [0.4, 0.5) is 15.8 Å². The molecule has 0 fully saturated rings. The van der Waals surface area contributed by atoms with Crippen molar-refractivity contribution in [3.8, 4) is 0 Å². The van der Waals surface area contributed by atoms with E-state index in [-0.39, 0.29) is 22.1 Å². The number of anilines is 1. The summed E-state index contributed by atoms with van der Waals surface area (Å²) < 4.78 is 13.5. The lowest BCUT2D eigenvalue weighted by atomic mass is 10.1. The average molecular weight is 333 g/mol. The molecule has 23 heavy (non-hydrogen) atoms. The van der Waals surface area contributed by atoms with Gasteiger partial charge in [-0.1, -0.05) is 18.2 Å². The zero-order valence-corrected chi connectivity index (χ0v) is 12.8. The molecular formula is C15H12FN3O3S. The summed E-state index contributed by atoms with van der Waals surface area (Å²) in [6.45, 7) is 1.57. The van der Waals surface area contributed by atoms with Crippen LogP contribution in [0.1, 0.15) is 15.9 Å². The maximum absolute atomic E-state index is 13.5. The number of rotatable bonds is 3. The monoisotopic (exact) mass is 333 g/mol. The minimum atomic E-state index is -0.623. The molecule has 0 heterocycles. The van der Waals surface area contributed by atoms with E-state index < -0.39 is 16.6 Å². The van der Waals surface area contributed by atoms with Gasteiger partial charge in [0.15, 0.2) is 5.11 Å². The summed E-state index contributed by atoms with van der Waals surface area (Å²) >= 11 is 4.94. The van der Waals surface area contributed by atoms with Crippen LogP contribution >= 0.6 is 12.2 Å². The molecule has 2 rings (SSSR count). The van der Waals surface area contributed by atoms with Crippen molar-refractivity contribution in [2.24, 2.45) is 0 Å². The van der Waals surface area contributed by atoms with Crippen LogP contribution in [0.25, 0.3) is 0 Å². The number of halogens is 1. The quantitative estimate of drug-likeness (QED) is 0.512. The Morgan fingerprint density at radius 3 is 2.61 bits per heavy atom. The van der Waals surface area contributed by atoms with Gasteiger partial charge in [0.1, 0.15) is 5.82 Å². The lowest BCUT2D eigenvalue weighted by Crippen LogP contribution is -2.34. The maximum Gasteiger partial charge on any atom is 0.273 e. The van der Waals surface area contributed by atoms with Crippen LogP contribution < -0.4 is 10.6 Å². The molecule has 2 aromatic rings. The number of benzene rings is 2. The largest absolute Gasteiger partial charge is 0.330 e. The highest BCUT2D eigenvalue weighted by atomic mass is 32.1. The number of carbonyl (C=O) groups is 1. The molecule has 0 bridgehead atoms. The van der Waals surface area contributed by atoms with Gasteiger partial charge in [-0.15, -0.1) is 0 Å². The lowest BCUT2D eigenvalue weighted by molar-refractivity contribution is -0.385. The molecule has 6 nitrogen and oxygen atoms in total. The molecular weight excluding hydrogens is 321 g/mol. The van der Waals surface area contributed by atoms with Crippen LogP contribution in [-0.4, -0.2) is 15.9 Å². The molecule has 0 saturated heterocycles. The van der Waals surface area contributed by atoms with E-state index in [1.807, 2.05) is 0 Å². The molecule has 0 saturated carbocycles. The van der Waals surface area contributed by atoms with Gasteiger partial charge in [0.2, 0.25) is 0 Å². The molecule has 0 aromatic heterocycles. The number of nitro groups is 1. The number of hydrogen-bond donors (Lipinski definition) is 2. The van der Waals surface area contributed by atoms with E-state index in [4.69, 9.17) is 12.2 Å². The van der Waals surface area contributed by atoms with E-state index in [0.717, 1.165) is 6.07 Å². The highest BCUT2D eigenvalue weighted by Crippen LogP contribution is 2.19. The van der Waals surface area contributed by atoms with E-state index in [0.29, 0.717) is 5.56 Å². The van der Waals surface area contributed by atoms with Gasteiger partial charge in [-0.05, 0) is 37.3 Å². The molecule has 1 amide bonds. The minimum Gasteiger partial charge on any atom is -0.330 e. The summed E-state index contributed by atoms with van der Waals surface area (Å²) in [7, 11) is 0. The SMILES string of the molecule is Cc1ccc(C(=O)NC(=S)Nc2ccccc2F)cc1[N+](=O)[O-]. The third kappa shape index (κ3) is 4.07. The van der Waals surface area contributed by atoms with Gasteiger partial charge < -0.3 is 5.32 Å². The Kier molecular flexibility index (Phi) is 4.97. The van der Waals surface area contributed by atoms with Crippen molar-refractivity contribution in [2.75, 3.05) is 5.32 Å². The lowest BCUT2D eigenvalue weighted by Gasteiger charge is -2.10. The Morgan fingerprint density at radius 2 is 1.96 bits per heavy atom. The number of carbonyl (C=O) groups excluding carboxylic acids is 1. The van der Waals surface area contributed by atoms with Gasteiger partial charge in [0.25, 0.3) is 11.6 Å². The molecule has 0 aliphatic heterocycles. The molecule has 2 aromatic carbocycles. The highest BCUT2D eigenvalue weighted by Gasteiger charge is 2.16. The molecule has 8 heteroatoms. The fraction of sp³-hybridized carbons (Fsp3) is 0.0667. The number of nitrogens with one attached hydrogen (secondary N) is 2. The Balaban J connectivity index is 2.10. The van der Waals surface area contributed by atoms with Gasteiger partial charge in [-0.3, -0.25) is 20.2 Å². The molecule has 0 atom stereocenters. The van der Waals surface area contributed by atoms with Gasteiger partial charge in [0, 0.05) is 17.2 Å². The first kappa shape index (κ1) is 16.5. The fourth-order valence-corrected chi connectivity index (χ4v) is 2.04. The van der Waals surface area contributed by atoms with Gasteiger partial charge in [0.05, 0.1) is 10.6 Å². The topological polar surface area (TPSA) is 84.3 Å². The summed E-state index contributed by atoms with van der Waals surface area (Å²) in [5.41, 5.74) is 0.483. The molecule has 0 aliphatic rings. The van der Waals surface area contributed by atoms with Crippen LogP contribution in [0.5, 0.6) is 0 Å². The van der Waals surface area contributed by atoms with Crippen molar-refractivity contribution in [3.63, 3.8) is 0 Å². The second-order valence-electron chi connectivity index (χ2n) is 4.65. The second-order valence-corrected chi connectivity index (χ2v) is 5.05. The van der Waals surface area contributed by atoms with Gasteiger partial charge >= 0.3 is 0 Å². The molecule has 0 radical (unpaired) electrons. The van der Waals surface area contributed by atoms with Crippen LogP contribution in [0.3, 0.4) is 0 Å². The molecule has 2 N–H and O–H groups in total. The first-order chi connectivity index (χ1) is 10.9. The summed E-state index contributed by atoms with van der Waals surface area (Å²) in [4.78, 5) is 22.4. The fourth-order valence-electron chi connectivity index (χ4n) is 1.84. The van der Waals surface area contributed by atoms with E-state index in [1.54, 1.807) is 13.0 Å². The minimum absolute atomic E-state index is 0.0833. The Bertz CT molecular complexity index is 795. The number of aryl methyl sites for hydroxylation is 1. The number of amides is 1. The molecule has 0 aliphatic carbocycles. The number of hydrogen-bond acceptors (Lipinski definition) is 4. The Hall–Kier alpha value is -2.87. The smallest absolute Gasteiger partial charge is 0.273 e. The summed E-state index contributed by atoms with van der Waals surface area (Å²) in [5, 5.41) is 15.7. The van der Waals surface area contributed by atoms with Crippen LogP contribution in [-0.2, 0) is 0 Å². The van der Waals surface area contributed by atoms with E-state index in [9.17, 15) is 19.3 Å². The van der Waals surface area contributed by atoms with Crippen LogP contribution in [0.15, 0.2) is 42.5 Å². The normalized spacial score (nSPS) is 10.0. The van der Waals surface area contributed by atoms with Crippen molar-refractivity contribution in [1.29, 1.82) is 0 Å². The Labute approximate surface area is 136 Å². The van der Waals surface area contributed by atoms with Crippen molar-refractivity contribution in [3.05, 3.63) is 69.5 Å². The van der Waals surface area contributed by atoms with Crippen LogP contribution in [0.2, 0.25) is 0 Å². The summed E-state index contributed by atoms with van der Waals surface area (Å²) in [6, 6.07) is 9.92. The molecule has 118 valence electrons. The number of thiocarbonyl (C=S) groups is 1. The average Bonchev–Trinajstić information content (AvgIpc) is 2.49. The van der Waals surface area contributed by atoms with Gasteiger partial charge in [-0.25, -0.2) is 4.39 Å². The third-order valence-corrected chi connectivity index (χ3v) is 3.22. The van der Waals surface area contributed by atoms with Crippen molar-refractivity contribution in [1.82, 2.24) is 5.32 Å². The first-order valence-electron chi connectivity index (χ1n) is 6.50. The standard InChI is InChI=1S/C15H12FN3O3S/c1-9-6-7-10(8-13(9)19(21)22)14(20)18-15(23)17-12-5-3-2-4-11(12)16/h2-8H,1H3,(H2,17,18,20,23). The van der Waals surface area contributed by atoms with Crippen molar-refractivity contribution < 1.29 is 14.1 Å². The summed E-state index contributed by atoms with van der Waals surface area (Å²) in [5.74, 6) is -1.14. The zero-order chi connectivity index (χ0) is 17.0. The molecule has 0 spiro atoms. The highest BCUT2D eigenvalue weighted by molar-refractivity contribution is 7.80. The predicted molar refractivity (Wildman–Crippen MR) is 87.9 cm³/mol. The third-order valence-electron chi connectivity index (χ3n) is 3.02. The van der Waals surface area contributed by atoms with Gasteiger partial charge in [-0.2, -0.15) is 0 Å². The maximum atomic E-state index is 13.5. The van der Waals surface area contributed by atoms with E-state index in [1.165, 1.54) is 30.3 Å². The zero-order valence-electron chi connectivity index (χ0n) is 12.0. The van der Waals surface area contributed by atoms with E-state index in [2.05, 4.69) is 10.6 Å².